The molecular weight excluding hydrogens is 344 g/mol. The molecule has 148 valence electrons. The summed E-state index contributed by atoms with van der Waals surface area (Å²) in [6, 6.07) is 3.62. The minimum absolute atomic E-state index is 0.257. The minimum Gasteiger partial charge on any atom is -0.462 e. The second-order valence-electron chi connectivity index (χ2n) is 7.45. The van der Waals surface area contributed by atoms with E-state index in [-0.39, 0.29) is 11.9 Å². The maximum Gasteiger partial charge on any atom is 0.339 e. The van der Waals surface area contributed by atoms with Crippen LogP contribution < -0.4 is 4.90 Å². The summed E-state index contributed by atoms with van der Waals surface area (Å²) in [6.45, 7) is 10.1. The van der Waals surface area contributed by atoms with Gasteiger partial charge in [0.05, 0.1) is 18.7 Å². The summed E-state index contributed by atoms with van der Waals surface area (Å²) in [4.78, 5) is 35.0. The standard InChI is InChI=1S/C20H30N4O3/c1-3-27-20(26)17-4-5-18(21-14-17)23-12-10-22(11-13-23)15-19(25)24-8-6-16(2)7-9-24/h4-5,14,16H,3,6-13,15H2,1-2H3. The van der Waals surface area contributed by atoms with E-state index in [4.69, 9.17) is 4.74 Å². The van der Waals surface area contributed by atoms with Crippen LogP contribution in [0.2, 0.25) is 0 Å². The van der Waals surface area contributed by atoms with E-state index in [9.17, 15) is 9.59 Å². The van der Waals surface area contributed by atoms with Gasteiger partial charge < -0.3 is 14.5 Å². The van der Waals surface area contributed by atoms with Gasteiger partial charge >= 0.3 is 5.97 Å². The highest BCUT2D eigenvalue weighted by molar-refractivity contribution is 5.89. The van der Waals surface area contributed by atoms with Crippen LogP contribution in [-0.4, -0.2) is 79.1 Å². The summed E-state index contributed by atoms with van der Waals surface area (Å²) in [6.07, 6.45) is 3.81. The highest BCUT2D eigenvalue weighted by atomic mass is 16.5. The van der Waals surface area contributed by atoms with Crippen molar-refractivity contribution in [2.75, 3.05) is 57.3 Å². The number of amides is 1. The van der Waals surface area contributed by atoms with Gasteiger partial charge in [-0.1, -0.05) is 6.92 Å². The molecule has 2 aliphatic rings. The van der Waals surface area contributed by atoms with Gasteiger partial charge in [-0.3, -0.25) is 9.69 Å². The number of likely N-dealkylation sites (tertiary alicyclic amines) is 1. The third kappa shape index (κ3) is 5.19. The fourth-order valence-electron chi connectivity index (χ4n) is 3.59. The molecule has 2 saturated heterocycles. The first-order valence-corrected chi connectivity index (χ1v) is 9.95. The lowest BCUT2D eigenvalue weighted by Gasteiger charge is -2.37. The lowest BCUT2D eigenvalue weighted by atomic mass is 9.99. The molecule has 2 fully saturated rings. The summed E-state index contributed by atoms with van der Waals surface area (Å²) in [5.74, 6) is 1.51. The Kier molecular flexibility index (Phi) is 6.66. The number of nitrogens with zero attached hydrogens (tertiary/aromatic N) is 4. The van der Waals surface area contributed by atoms with Gasteiger partial charge in [-0.05, 0) is 37.8 Å². The van der Waals surface area contributed by atoms with Crippen LogP contribution in [0.1, 0.15) is 37.0 Å². The lowest BCUT2D eigenvalue weighted by Crippen LogP contribution is -2.51. The van der Waals surface area contributed by atoms with Crippen molar-refractivity contribution in [3.63, 3.8) is 0 Å². The molecule has 0 aliphatic carbocycles. The van der Waals surface area contributed by atoms with Crippen LogP contribution in [-0.2, 0) is 9.53 Å². The molecule has 0 radical (unpaired) electrons. The molecule has 3 rings (SSSR count). The summed E-state index contributed by atoms with van der Waals surface area (Å²) >= 11 is 0. The Hall–Kier alpha value is -2.15. The van der Waals surface area contributed by atoms with Gasteiger partial charge in [0.25, 0.3) is 0 Å². The molecule has 0 spiro atoms. The molecule has 0 atom stereocenters. The van der Waals surface area contributed by atoms with Gasteiger partial charge in [0.2, 0.25) is 5.91 Å². The van der Waals surface area contributed by atoms with Gasteiger partial charge in [0.1, 0.15) is 5.82 Å². The summed E-state index contributed by atoms with van der Waals surface area (Å²) in [5, 5.41) is 0. The quantitative estimate of drug-likeness (QED) is 0.730. The number of hydrogen-bond acceptors (Lipinski definition) is 6. The second-order valence-corrected chi connectivity index (χ2v) is 7.45. The number of rotatable bonds is 5. The van der Waals surface area contributed by atoms with Crippen molar-refractivity contribution >= 4 is 17.7 Å². The van der Waals surface area contributed by atoms with Crippen LogP contribution in [0.5, 0.6) is 0 Å². The molecule has 1 amide bonds. The summed E-state index contributed by atoms with van der Waals surface area (Å²) in [7, 11) is 0. The Labute approximate surface area is 161 Å². The van der Waals surface area contributed by atoms with Crippen molar-refractivity contribution in [2.24, 2.45) is 5.92 Å². The van der Waals surface area contributed by atoms with E-state index in [0.717, 1.165) is 63.8 Å². The molecule has 1 aromatic rings. The molecule has 1 aromatic heterocycles. The summed E-state index contributed by atoms with van der Waals surface area (Å²) < 4.78 is 4.99. The number of piperazine rings is 1. The zero-order valence-corrected chi connectivity index (χ0v) is 16.4. The predicted molar refractivity (Wildman–Crippen MR) is 104 cm³/mol. The van der Waals surface area contributed by atoms with Gasteiger partial charge in [-0.15, -0.1) is 0 Å². The number of esters is 1. The van der Waals surface area contributed by atoms with Crippen molar-refractivity contribution < 1.29 is 14.3 Å². The van der Waals surface area contributed by atoms with E-state index in [0.29, 0.717) is 18.7 Å². The number of piperidine rings is 1. The van der Waals surface area contributed by atoms with Crippen LogP contribution >= 0.6 is 0 Å². The maximum absolute atomic E-state index is 12.5. The largest absolute Gasteiger partial charge is 0.462 e. The number of hydrogen-bond donors (Lipinski definition) is 0. The maximum atomic E-state index is 12.5. The zero-order valence-electron chi connectivity index (χ0n) is 16.4. The van der Waals surface area contributed by atoms with Crippen molar-refractivity contribution in [1.82, 2.24) is 14.8 Å². The molecule has 7 nitrogen and oxygen atoms in total. The van der Waals surface area contributed by atoms with Gasteiger partial charge in [0, 0.05) is 45.5 Å². The van der Waals surface area contributed by atoms with Crippen LogP contribution in [0.3, 0.4) is 0 Å². The average molecular weight is 374 g/mol. The number of pyridine rings is 1. The van der Waals surface area contributed by atoms with Crippen LogP contribution in [0, 0.1) is 5.92 Å². The van der Waals surface area contributed by atoms with Gasteiger partial charge in [0.15, 0.2) is 0 Å². The first-order chi connectivity index (χ1) is 13.1. The molecule has 0 unspecified atom stereocenters. The van der Waals surface area contributed by atoms with Crippen molar-refractivity contribution in [3.8, 4) is 0 Å². The molecule has 0 bridgehead atoms. The Bertz CT molecular complexity index is 633. The van der Waals surface area contributed by atoms with Gasteiger partial charge in [-0.2, -0.15) is 0 Å². The molecule has 2 aliphatic heterocycles. The highest BCUT2D eigenvalue weighted by Gasteiger charge is 2.24. The van der Waals surface area contributed by atoms with Crippen molar-refractivity contribution in [3.05, 3.63) is 23.9 Å². The zero-order chi connectivity index (χ0) is 19.2. The van der Waals surface area contributed by atoms with Crippen LogP contribution in [0.15, 0.2) is 18.3 Å². The molecule has 0 aromatic carbocycles. The Morgan fingerprint density at radius 1 is 1.11 bits per heavy atom. The van der Waals surface area contributed by atoms with Crippen molar-refractivity contribution in [2.45, 2.75) is 26.7 Å². The highest BCUT2D eigenvalue weighted by Crippen LogP contribution is 2.17. The van der Waals surface area contributed by atoms with E-state index in [2.05, 4.69) is 21.7 Å². The fraction of sp³-hybridized carbons (Fsp3) is 0.650. The van der Waals surface area contributed by atoms with Crippen molar-refractivity contribution in [1.29, 1.82) is 0 Å². The number of ether oxygens (including phenoxy) is 1. The smallest absolute Gasteiger partial charge is 0.339 e. The number of carbonyl (C=O) groups is 2. The average Bonchev–Trinajstić information content (AvgIpc) is 2.69. The minimum atomic E-state index is -0.341. The topological polar surface area (TPSA) is 66.0 Å². The third-order valence-corrected chi connectivity index (χ3v) is 5.45. The first kappa shape index (κ1) is 19.6. The van der Waals surface area contributed by atoms with Gasteiger partial charge in [-0.25, -0.2) is 9.78 Å². The fourth-order valence-corrected chi connectivity index (χ4v) is 3.59. The molecule has 7 heteroatoms. The van der Waals surface area contributed by atoms with Crippen LogP contribution in [0.4, 0.5) is 5.82 Å². The Morgan fingerprint density at radius 3 is 2.41 bits per heavy atom. The predicted octanol–water partition coefficient (Wildman–Crippen LogP) is 1.64. The van der Waals surface area contributed by atoms with Crippen LogP contribution in [0.25, 0.3) is 0 Å². The molecular formula is C20H30N4O3. The van der Waals surface area contributed by atoms with E-state index in [1.165, 1.54) is 0 Å². The SMILES string of the molecule is CCOC(=O)c1ccc(N2CCN(CC(=O)N3CCC(C)CC3)CC2)nc1. The monoisotopic (exact) mass is 374 g/mol. The van der Waals surface area contributed by atoms with E-state index >= 15 is 0 Å². The molecule has 0 N–H and O–H groups in total. The lowest BCUT2D eigenvalue weighted by molar-refractivity contribution is -0.133. The molecule has 27 heavy (non-hydrogen) atoms. The number of anilines is 1. The normalized spacial score (nSPS) is 19.2. The molecule has 0 saturated carbocycles. The van der Waals surface area contributed by atoms with E-state index < -0.39 is 0 Å². The molecule has 3 heterocycles. The third-order valence-electron chi connectivity index (χ3n) is 5.45. The summed E-state index contributed by atoms with van der Waals surface area (Å²) in [5.41, 5.74) is 0.473. The first-order valence-electron chi connectivity index (χ1n) is 9.95. The van der Waals surface area contributed by atoms with E-state index in [1.807, 2.05) is 11.0 Å². The Morgan fingerprint density at radius 2 is 1.81 bits per heavy atom. The number of aromatic nitrogens is 1. The Balaban J connectivity index is 1.46. The van der Waals surface area contributed by atoms with E-state index in [1.54, 1.807) is 19.2 Å². The number of carbonyl (C=O) groups excluding carboxylic acids is 2. The second kappa shape index (κ2) is 9.17.